The lowest BCUT2D eigenvalue weighted by molar-refractivity contribution is 0.171. The van der Waals surface area contributed by atoms with E-state index >= 15 is 0 Å². The van der Waals surface area contributed by atoms with Crippen LogP contribution in [0, 0.1) is 0 Å². The molecule has 2 N–H and O–H groups in total. The zero-order chi connectivity index (χ0) is 17.1. The Balaban J connectivity index is 1.42. The van der Waals surface area contributed by atoms with E-state index in [0.717, 1.165) is 42.4 Å². The van der Waals surface area contributed by atoms with Gasteiger partial charge in [-0.25, -0.2) is 0 Å². The number of hydrogen-bond acceptors (Lipinski definition) is 5. The second-order valence-corrected chi connectivity index (χ2v) is 6.68. The summed E-state index contributed by atoms with van der Waals surface area (Å²) in [5, 5.41) is 11.0. The standard InChI is InChI=1S/C19H26N4O2/c1-2-23-7-3-4-16(23)13-20-11-15-12-21-22-19(15)14-5-6-17-18(10-14)25-9-8-24-17/h5-6,10,12,16,20H,2-4,7-9,11,13H2,1H3,(H,21,22). The van der Waals surface area contributed by atoms with Crippen molar-refractivity contribution in [2.24, 2.45) is 0 Å². The second kappa shape index (κ2) is 7.45. The van der Waals surface area contributed by atoms with Gasteiger partial charge in [0.05, 0.1) is 11.9 Å². The molecule has 4 rings (SSSR count). The van der Waals surface area contributed by atoms with Crippen molar-refractivity contribution >= 4 is 0 Å². The molecule has 2 aliphatic rings. The quantitative estimate of drug-likeness (QED) is 0.844. The number of ether oxygens (including phenoxy) is 2. The van der Waals surface area contributed by atoms with E-state index in [1.807, 2.05) is 18.3 Å². The number of benzene rings is 1. The summed E-state index contributed by atoms with van der Waals surface area (Å²) in [6.45, 7) is 7.67. The summed E-state index contributed by atoms with van der Waals surface area (Å²) in [5.74, 6) is 1.62. The molecule has 0 aliphatic carbocycles. The molecule has 2 aromatic rings. The lowest BCUT2D eigenvalue weighted by Crippen LogP contribution is -2.37. The Labute approximate surface area is 148 Å². The van der Waals surface area contributed by atoms with Crippen molar-refractivity contribution in [3.05, 3.63) is 30.0 Å². The Bertz CT molecular complexity index is 715. The molecule has 25 heavy (non-hydrogen) atoms. The van der Waals surface area contributed by atoms with Crippen molar-refractivity contribution in [1.29, 1.82) is 0 Å². The summed E-state index contributed by atoms with van der Waals surface area (Å²) >= 11 is 0. The number of aromatic amines is 1. The fourth-order valence-electron chi connectivity index (χ4n) is 3.81. The first-order chi connectivity index (χ1) is 12.3. The van der Waals surface area contributed by atoms with E-state index in [4.69, 9.17) is 9.47 Å². The zero-order valence-electron chi connectivity index (χ0n) is 14.8. The molecule has 1 unspecified atom stereocenters. The van der Waals surface area contributed by atoms with Gasteiger partial charge in [-0.1, -0.05) is 6.92 Å². The van der Waals surface area contributed by atoms with Crippen LogP contribution in [0.5, 0.6) is 11.5 Å². The van der Waals surface area contributed by atoms with E-state index in [2.05, 4.69) is 33.4 Å². The largest absolute Gasteiger partial charge is 0.486 e. The van der Waals surface area contributed by atoms with E-state index in [9.17, 15) is 0 Å². The number of aromatic nitrogens is 2. The van der Waals surface area contributed by atoms with Crippen molar-refractivity contribution in [3.63, 3.8) is 0 Å². The van der Waals surface area contributed by atoms with Gasteiger partial charge in [-0.3, -0.25) is 10.00 Å². The van der Waals surface area contributed by atoms with Gasteiger partial charge in [0, 0.05) is 30.3 Å². The minimum absolute atomic E-state index is 0.600. The van der Waals surface area contributed by atoms with Gasteiger partial charge >= 0.3 is 0 Å². The van der Waals surface area contributed by atoms with Crippen LogP contribution < -0.4 is 14.8 Å². The molecule has 134 valence electrons. The highest BCUT2D eigenvalue weighted by Gasteiger charge is 2.22. The molecular weight excluding hydrogens is 316 g/mol. The van der Waals surface area contributed by atoms with Gasteiger partial charge in [0.1, 0.15) is 13.2 Å². The number of H-pyrrole nitrogens is 1. The summed E-state index contributed by atoms with van der Waals surface area (Å²) in [5.41, 5.74) is 3.30. The van der Waals surface area contributed by atoms with Gasteiger partial charge in [-0.2, -0.15) is 5.10 Å². The number of nitrogens with one attached hydrogen (secondary N) is 2. The number of likely N-dealkylation sites (N-methyl/N-ethyl adjacent to an activating group) is 1. The first kappa shape index (κ1) is 16.4. The molecule has 1 fully saturated rings. The Morgan fingerprint density at radius 2 is 2.16 bits per heavy atom. The van der Waals surface area contributed by atoms with E-state index < -0.39 is 0 Å². The predicted octanol–water partition coefficient (Wildman–Crippen LogP) is 2.42. The van der Waals surface area contributed by atoms with Crippen molar-refractivity contribution < 1.29 is 9.47 Å². The van der Waals surface area contributed by atoms with Crippen LogP contribution >= 0.6 is 0 Å². The molecule has 1 saturated heterocycles. The predicted molar refractivity (Wildman–Crippen MR) is 97.0 cm³/mol. The molecule has 0 spiro atoms. The number of rotatable bonds is 6. The van der Waals surface area contributed by atoms with Crippen LogP contribution in [0.2, 0.25) is 0 Å². The minimum atomic E-state index is 0.600. The third-order valence-corrected chi connectivity index (χ3v) is 5.15. The molecule has 0 amide bonds. The maximum atomic E-state index is 5.69. The maximum Gasteiger partial charge on any atom is 0.162 e. The maximum absolute atomic E-state index is 5.69. The van der Waals surface area contributed by atoms with Crippen molar-refractivity contribution in [2.75, 3.05) is 32.8 Å². The summed E-state index contributed by atoms with van der Waals surface area (Å²) in [6.07, 6.45) is 4.51. The Morgan fingerprint density at radius 3 is 3.04 bits per heavy atom. The number of likely N-dealkylation sites (tertiary alicyclic amines) is 1. The van der Waals surface area contributed by atoms with Gasteiger partial charge in [0.25, 0.3) is 0 Å². The highest BCUT2D eigenvalue weighted by atomic mass is 16.6. The summed E-state index contributed by atoms with van der Waals surface area (Å²) < 4.78 is 11.3. The first-order valence-corrected chi connectivity index (χ1v) is 9.22. The topological polar surface area (TPSA) is 62.4 Å². The van der Waals surface area contributed by atoms with E-state index in [1.54, 1.807) is 0 Å². The van der Waals surface area contributed by atoms with Gasteiger partial charge in [-0.15, -0.1) is 0 Å². The molecule has 0 radical (unpaired) electrons. The van der Waals surface area contributed by atoms with Crippen LogP contribution in [-0.4, -0.2) is 54.0 Å². The highest BCUT2D eigenvalue weighted by molar-refractivity contribution is 5.66. The van der Waals surface area contributed by atoms with Crippen LogP contribution in [0.4, 0.5) is 0 Å². The van der Waals surface area contributed by atoms with Crippen LogP contribution in [0.3, 0.4) is 0 Å². The van der Waals surface area contributed by atoms with Gasteiger partial charge in [0.15, 0.2) is 11.5 Å². The molecule has 0 saturated carbocycles. The van der Waals surface area contributed by atoms with Crippen LogP contribution in [0.1, 0.15) is 25.3 Å². The number of nitrogens with zero attached hydrogens (tertiary/aromatic N) is 2. The van der Waals surface area contributed by atoms with Crippen molar-refractivity contribution in [3.8, 4) is 22.8 Å². The van der Waals surface area contributed by atoms with Crippen molar-refractivity contribution in [1.82, 2.24) is 20.4 Å². The van der Waals surface area contributed by atoms with E-state index in [-0.39, 0.29) is 0 Å². The molecule has 1 aromatic carbocycles. The summed E-state index contributed by atoms with van der Waals surface area (Å²) in [4.78, 5) is 2.56. The molecule has 1 atom stereocenters. The second-order valence-electron chi connectivity index (χ2n) is 6.68. The Hall–Kier alpha value is -2.05. The third-order valence-electron chi connectivity index (χ3n) is 5.15. The lowest BCUT2D eigenvalue weighted by atomic mass is 10.1. The summed E-state index contributed by atoms with van der Waals surface area (Å²) in [6, 6.07) is 6.72. The van der Waals surface area contributed by atoms with Crippen LogP contribution in [-0.2, 0) is 6.54 Å². The van der Waals surface area contributed by atoms with Gasteiger partial charge < -0.3 is 14.8 Å². The van der Waals surface area contributed by atoms with Gasteiger partial charge in [-0.05, 0) is 44.1 Å². The van der Waals surface area contributed by atoms with E-state index in [1.165, 1.54) is 24.9 Å². The average Bonchev–Trinajstić information content (AvgIpc) is 3.30. The zero-order valence-corrected chi connectivity index (χ0v) is 14.8. The average molecular weight is 342 g/mol. The molecule has 0 bridgehead atoms. The number of hydrogen-bond donors (Lipinski definition) is 2. The third kappa shape index (κ3) is 3.50. The molecule has 3 heterocycles. The van der Waals surface area contributed by atoms with Crippen molar-refractivity contribution in [2.45, 2.75) is 32.4 Å². The Kier molecular flexibility index (Phi) is 4.90. The molecule has 6 heteroatoms. The smallest absolute Gasteiger partial charge is 0.162 e. The first-order valence-electron chi connectivity index (χ1n) is 9.22. The van der Waals surface area contributed by atoms with Crippen LogP contribution in [0.15, 0.2) is 24.4 Å². The monoisotopic (exact) mass is 342 g/mol. The molecular formula is C19H26N4O2. The van der Waals surface area contributed by atoms with Gasteiger partial charge in [0.2, 0.25) is 0 Å². The fourth-order valence-corrected chi connectivity index (χ4v) is 3.81. The lowest BCUT2D eigenvalue weighted by Gasteiger charge is -2.23. The molecule has 6 nitrogen and oxygen atoms in total. The van der Waals surface area contributed by atoms with Crippen LogP contribution in [0.25, 0.3) is 11.3 Å². The SMILES string of the molecule is CCN1CCCC1CNCc1cn[nH]c1-c1ccc2c(c1)OCCO2. The fraction of sp³-hybridized carbons (Fsp3) is 0.526. The summed E-state index contributed by atoms with van der Waals surface area (Å²) in [7, 11) is 0. The Morgan fingerprint density at radius 1 is 1.28 bits per heavy atom. The molecule has 1 aromatic heterocycles. The number of fused-ring (bicyclic) bond motifs is 1. The normalized spacial score (nSPS) is 20.1. The minimum Gasteiger partial charge on any atom is -0.486 e. The molecule has 2 aliphatic heterocycles. The van der Waals surface area contributed by atoms with E-state index in [0.29, 0.717) is 19.3 Å². The highest BCUT2D eigenvalue weighted by Crippen LogP contribution is 2.34.